The molecule has 0 bridgehead atoms. The minimum absolute atomic E-state index is 0.000672. The SMILES string of the molecule is CC(C)N(C/C=C/C(=O)N1CC[C@@H](n2nc(-c3ccc(Oc4ccccc4)cc3)c3c(N)ncnc32)C1)C1CCC1. The van der Waals surface area contributed by atoms with Crippen molar-refractivity contribution < 1.29 is 9.53 Å². The van der Waals surface area contributed by atoms with Crippen LogP contribution in [-0.4, -0.2) is 67.2 Å². The highest BCUT2D eigenvalue weighted by molar-refractivity contribution is 5.98. The van der Waals surface area contributed by atoms with Crippen molar-refractivity contribution in [3.63, 3.8) is 0 Å². The zero-order valence-corrected chi connectivity index (χ0v) is 23.7. The molecule has 9 nitrogen and oxygen atoms in total. The van der Waals surface area contributed by atoms with Crippen LogP contribution in [0, 0.1) is 0 Å². The normalized spacial score (nSPS) is 17.7. The molecular formula is C32H37N7O2. The number of nitrogens with two attached hydrogens (primary N) is 1. The quantitative estimate of drug-likeness (QED) is 0.276. The first-order chi connectivity index (χ1) is 20.0. The van der Waals surface area contributed by atoms with Gasteiger partial charge in [0.1, 0.15) is 29.3 Å². The third-order valence-corrected chi connectivity index (χ3v) is 8.23. The number of aromatic nitrogens is 4. The molecule has 2 aliphatic rings. The predicted octanol–water partition coefficient (Wildman–Crippen LogP) is 5.46. The third-order valence-electron chi connectivity index (χ3n) is 8.23. The Morgan fingerprint density at radius 2 is 1.83 bits per heavy atom. The van der Waals surface area contributed by atoms with Gasteiger partial charge in [-0.3, -0.25) is 9.69 Å². The summed E-state index contributed by atoms with van der Waals surface area (Å²) >= 11 is 0. The van der Waals surface area contributed by atoms with E-state index >= 15 is 0 Å². The number of carbonyl (C=O) groups is 1. The number of anilines is 1. The molecule has 6 rings (SSSR count). The number of hydrogen-bond acceptors (Lipinski definition) is 7. The fourth-order valence-electron chi connectivity index (χ4n) is 5.78. The predicted molar refractivity (Wildman–Crippen MR) is 161 cm³/mol. The summed E-state index contributed by atoms with van der Waals surface area (Å²) in [6, 6.07) is 18.6. The average molecular weight is 552 g/mol. The van der Waals surface area contributed by atoms with Gasteiger partial charge in [0.05, 0.1) is 11.4 Å². The Labute approximate surface area is 240 Å². The first-order valence-electron chi connectivity index (χ1n) is 14.5. The number of rotatable bonds is 9. The summed E-state index contributed by atoms with van der Waals surface area (Å²) in [6.07, 6.45) is 9.85. The van der Waals surface area contributed by atoms with Crippen LogP contribution in [0.5, 0.6) is 11.5 Å². The second kappa shape index (κ2) is 11.7. The van der Waals surface area contributed by atoms with Crippen molar-refractivity contribution in [1.29, 1.82) is 0 Å². The Morgan fingerprint density at radius 3 is 2.54 bits per heavy atom. The van der Waals surface area contributed by atoms with Crippen LogP contribution in [0.25, 0.3) is 22.3 Å². The van der Waals surface area contributed by atoms with Gasteiger partial charge in [-0.2, -0.15) is 5.10 Å². The number of nitrogen functional groups attached to an aromatic ring is 1. The molecule has 0 spiro atoms. The van der Waals surface area contributed by atoms with Gasteiger partial charge >= 0.3 is 0 Å². The second-order valence-electron chi connectivity index (χ2n) is 11.2. The van der Waals surface area contributed by atoms with E-state index in [0.717, 1.165) is 41.1 Å². The number of amides is 1. The van der Waals surface area contributed by atoms with Crippen molar-refractivity contribution in [3.05, 3.63) is 73.1 Å². The molecule has 1 saturated carbocycles. The molecular weight excluding hydrogens is 514 g/mol. The van der Waals surface area contributed by atoms with Crippen molar-refractivity contribution in [2.75, 3.05) is 25.4 Å². The van der Waals surface area contributed by atoms with Crippen molar-refractivity contribution in [1.82, 2.24) is 29.5 Å². The highest BCUT2D eigenvalue weighted by Crippen LogP contribution is 2.35. The zero-order chi connectivity index (χ0) is 28.3. The molecule has 2 fully saturated rings. The number of hydrogen-bond donors (Lipinski definition) is 1. The molecule has 0 unspecified atom stereocenters. The molecule has 2 N–H and O–H groups in total. The fourth-order valence-corrected chi connectivity index (χ4v) is 5.78. The molecule has 1 aliphatic carbocycles. The standard InChI is InChI=1S/C32H37N7O2/c1-22(2)38(24-8-6-9-24)18-7-12-28(40)37-19-17-25(20-37)39-32-29(31(33)34-21-35-32)30(36-39)23-13-15-27(16-14-23)41-26-10-4-3-5-11-26/h3-5,7,10-16,21-22,24-25H,6,8-9,17-20H2,1-2H3,(H2,33,34,35)/b12-7+/t25-/m1/s1. The number of nitrogens with zero attached hydrogens (tertiary/aromatic N) is 6. The van der Waals surface area contributed by atoms with Crippen LogP contribution in [0.4, 0.5) is 5.82 Å². The highest BCUT2D eigenvalue weighted by atomic mass is 16.5. The van der Waals surface area contributed by atoms with E-state index in [1.54, 1.807) is 6.08 Å². The van der Waals surface area contributed by atoms with Crippen molar-refractivity contribution in [3.8, 4) is 22.8 Å². The van der Waals surface area contributed by atoms with Gasteiger partial charge in [0.15, 0.2) is 5.65 Å². The Kier molecular flexibility index (Phi) is 7.69. The Hall–Kier alpha value is -4.24. The van der Waals surface area contributed by atoms with E-state index < -0.39 is 0 Å². The van der Waals surface area contributed by atoms with E-state index in [1.165, 1.54) is 25.6 Å². The maximum atomic E-state index is 13.1. The van der Waals surface area contributed by atoms with Gasteiger partial charge in [-0.25, -0.2) is 14.6 Å². The summed E-state index contributed by atoms with van der Waals surface area (Å²) < 4.78 is 7.88. The summed E-state index contributed by atoms with van der Waals surface area (Å²) in [6.45, 7) is 6.51. The maximum Gasteiger partial charge on any atom is 0.246 e. The van der Waals surface area contributed by atoms with Crippen molar-refractivity contribution in [2.24, 2.45) is 0 Å². The zero-order valence-electron chi connectivity index (χ0n) is 23.7. The summed E-state index contributed by atoms with van der Waals surface area (Å²) in [5, 5.41) is 5.70. The summed E-state index contributed by atoms with van der Waals surface area (Å²) in [7, 11) is 0. The summed E-state index contributed by atoms with van der Waals surface area (Å²) in [4.78, 5) is 26.3. The second-order valence-corrected chi connectivity index (χ2v) is 11.2. The van der Waals surface area contributed by atoms with E-state index in [9.17, 15) is 4.79 Å². The third kappa shape index (κ3) is 5.67. The lowest BCUT2D eigenvalue weighted by Crippen LogP contribution is -2.44. The molecule has 1 saturated heterocycles. The van der Waals surface area contributed by atoms with Gasteiger partial charge in [-0.05, 0) is 69.5 Å². The Morgan fingerprint density at radius 1 is 1.07 bits per heavy atom. The van der Waals surface area contributed by atoms with Gasteiger partial charge in [-0.1, -0.05) is 30.7 Å². The van der Waals surface area contributed by atoms with Gasteiger partial charge in [0, 0.05) is 43.4 Å². The van der Waals surface area contributed by atoms with E-state index in [0.29, 0.717) is 36.6 Å². The highest BCUT2D eigenvalue weighted by Gasteiger charge is 2.30. The topological polar surface area (TPSA) is 102 Å². The number of fused-ring (bicyclic) bond motifs is 1. The number of likely N-dealkylation sites (tertiary alicyclic amines) is 1. The van der Waals surface area contributed by atoms with Gasteiger partial charge in [-0.15, -0.1) is 0 Å². The minimum Gasteiger partial charge on any atom is -0.457 e. The van der Waals surface area contributed by atoms with Crippen LogP contribution in [0.1, 0.15) is 45.6 Å². The molecule has 2 aromatic carbocycles. The molecule has 2 aromatic heterocycles. The fraction of sp³-hybridized carbons (Fsp3) is 0.375. The molecule has 1 atom stereocenters. The first kappa shape index (κ1) is 27.0. The molecule has 41 heavy (non-hydrogen) atoms. The molecule has 9 heteroatoms. The van der Waals surface area contributed by atoms with Gasteiger partial charge in [0.2, 0.25) is 5.91 Å². The van der Waals surface area contributed by atoms with E-state index in [2.05, 4.69) is 28.7 Å². The van der Waals surface area contributed by atoms with Crippen LogP contribution in [-0.2, 0) is 4.79 Å². The van der Waals surface area contributed by atoms with E-state index in [4.69, 9.17) is 15.6 Å². The lowest BCUT2D eigenvalue weighted by Gasteiger charge is -2.39. The first-order valence-corrected chi connectivity index (χ1v) is 14.5. The number of carbonyl (C=O) groups excluding carboxylic acids is 1. The largest absolute Gasteiger partial charge is 0.457 e. The monoisotopic (exact) mass is 551 g/mol. The minimum atomic E-state index is 0.000672. The molecule has 4 aromatic rings. The number of ether oxygens (including phenoxy) is 1. The molecule has 3 heterocycles. The van der Waals surface area contributed by atoms with Crippen LogP contribution in [0.15, 0.2) is 73.1 Å². The molecule has 212 valence electrons. The smallest absolute Gasteiger partial charge is 0.246 e. The molecule has 1 amide bonds. The Balaban J connectivity index is 1.18. The van der Waals surface area contributed by atoms with Gasteiger partial charge in [0.25, 0.3) is 0 Å². The van der Waals surface area contributed by atoms with Crippen molar-refractivity contribution in [2.45, 2.75) is 57.7 Å². The van der Waals surface area contributed by atoms with E-state index in [1.807, 2.05) is 70.3 Å². The summed E-state index contributed by atoms with van der Waals surface area (Å²) in [5.41, 5.74) is 8.64. The van der Waals surface area contributed by atoms with E-state index in [-0.39, 0.29) is 11.9 Å². The summed E-state index contributed by atoms with van der Waals surface area (Å²) in [5.74, 6) is 1.94. The van der Waals surface area contributed by atoms with Crippen LogP contribution in [0.2, 0.25) is 0 Å². The lowest BCUT2D eigenvalue weighted by atomic mass is 9.90. The molecule has 0 radical (unpaired) electrons. The lowest BCUT2D eigenvalue weighted by molar-refractivity contribution is -0.125. The van der Waals surface area contributed by atoms with Crippen LogP contribution in [0.3, 0.4) is 0 Å². The maximum absolute atomic E-state index is 13.1. The van der Waals surface area contributed by atoms with Gasteiger partial charge < -0.3 is 15.4 Å². The number of benzene rings is 2. The van der Waals surface area contributed by atoms with Crippen molar-refractivity contribution >= 4 is 22.8 Å². The van der Waals surface area contributed by atoms with Crippen LogP contribution < -0.4 is 10.5 Å². The molecule has 1 aliphatic heterocycles. The van der Waals surface area contributed by atoms with Crippen LogP contribution >= 0.6 is 0 Å². The Bertz CT molecular complexity index is 1530. The average Bonchev–Trinajstić information content (AvgIpc) is 3.59. The number of para-hydroxylation sites is 1.